The van der Waals surface area contributed by atoms with Gasteiger partial charge in [0.25, 0.3) is 5.91 Å². The quantitative estimate of drug-likeness (QED) is 0.882. The fourth-order valence-electron chi connectivity index (χ4n) is 3.14. The van der Waals surface area contributed by atoms with Gasteiger partial charge in [-0.1, -0.05) is 17.7 Å². The molecule has 132 valence electrons. The molecule has 1 aliphatic rings. The van der Waals surface area contributed by atoms with Crippen molar-refractivity contribution in [2.45, 2.75) is 37.8 Å². The second-order valence-electron chi connectivity index (χ2n) is 5.79. The zero-order chi connectivity index (χ0) is 17.7. The number of nitrogens with one attached hydrogen (secondary N) is 1. The molecule has 5 nitrogen and oxygen atoms in total. The maximum Gasteiger partial charge on any atom is 0.258 e. The Morgan fingerprint density at radius 2 is 2.21 bits per heavy atom. The van der Waals surface area contributed by atoms with Gasteiger partial charge in [0, 0.05) is 27.1 Å². The summed E-state index contributed by atoms with van der Waals surface area (Å²) in [5, 5.41) is 2.65. The number of amides is 2. The zero-order valence-electron chi connectivity index (χ0n) is 13.9. The Labute approximate surface area is 146 Å². The molecule has 2 amide bonds. The molecule has 1 aromatic carbocycles. The predicted molar refractivity (Wildman–Crippen MR) is 89.6 cm³/mol. The van der Waals surface area contributed by atoms with Gasteiger partial charge in [-0.15, -0.1) is 0 Å². The Balaban J connectivity index is 2.26. The molecule has 0 unspecified atom stereocenters. The number of carbonyl (C=O) groups excluding carboxylic acids is 2. The van der Waals surface area contributed by atoms with Crippen molar-refractivity contribution in [1.82, 2.24) is 10.2 Å². The van der Waals surface area contributed by atoms with E-state index in [9.17, 15) is 14.0 Å². The Kier molecular flexibility index (Phi) is 6.57. The van der Waals surface area contributed by atoms with E-state index in [2.05, 4.69) is 5.32 Å². The lowest BCUT2D eigenvalue weighted by atomic mass is 9.93. The van der Waals surface area contributed by atoms with Crippen molar-refractivity contribution in [3.63, 3.8) is 0 Å². The fourth-order valence-corrected chi connectivity index (χ4v) is 3.38. The van der Waals surface area contributed by atoms with E-state index in [0.717, 1.165) is 12.8 Å². The molecule has 0 bridgehead atoms. The largest absolute Gasteiger partial charge is 0.379 e. The second-order valence-corrected chi connectivity index (χ2v) is 6.20. The lowest BCUT2D eigenvalue weighted by Crippen LogP contribution is -2.52. The molecular formula is C17H22ClFN2O3. The van der Waals surface area contributed by atoms with Crippen LogP contribution in [0.4, 0.5) is 4.39 Å². The number of nitrogens with zero attached hydrogens (tertiary/aromatic N) is 1. The standard InChI is InChI=1S/C17H22ClFN2O3/c1-20-15(22)9-8-13-14(24-2)7-4-10-21(13)17(23)16-11(18)5-3-6-12(16)19/h3,5-6,13-14H,4,7-10H2,1-2H3,(H,20,22)/t13-,14-/m0/s1. The van der Waals surface area contributed by atoms with E-state index in [4.69, 9.17) is 16.3 Å². The van der Waals surface area contributed by atoms with E-state index in [1.54, 1.807) is 19.1 Å². The van der Waals surface area contributed by atoms with Gasteiger partial charge >= 0.3 is 0 Å². The molecule has 1 aliphatic heterocycles. The average molecular weight is 357 g/mol. The van der Waals surface area contributed by atoms with Crippen molar-refractivity contribution in [2.24, 2.45) is 0 Å². The fraction of sp³-hybridized carbons (Fsp3) is 0.529. The lowest BCUT2D eigenvalue weighted by molar-refractivity contribution is -0.121. The average Bonchev–Trinajstić information content (AvgIpc) is 2.58. The third-order valence-electron chi connectivity index (χ3n) is 4.40. The van der Waals surface area contributed by atoms with E-state index >= 15 is 0 Å². The van der Waals surface area contributed by atoms with Crippen LogP contribution < -0.4 is 5.32 Å². The van der Waals surface area contributed by atoms with Crippen LogP contribution in [0, 0.1) is 5.82 Å². The molecule has 0 spiro atoms. The number of rotatable bonds is 5. The number of piperidine rings is 1. The number of halogens is 2. The third-order valence-corrected chi connectivity index (χ3v) is 4.72. The highest BCUT2D eigenvalue weighted by Crippen LogP contribution is 2.28. The Morgan fingerprint density at radius 1 is 1.46 bits per heavy atom. The molecule has 1 saturated heterocycles. The summed E-state index contributed by atoms with van der Waals surface area (Å²) in [4.78, 5) is 26.0. The maximum atomic E-state index is 14.1. The topological polar surface area (TPSA) is 58.6 Å². The molecule has 0 saturated carbocycles. The van der Waals surface area contributed by atoms with Crippen LogP contribution in [0.3, 0.4) is 0 Å². The minimum absolute atomic E-state index is 0.0876. The summed E-state index contributed by atoms with van der Waals surface area (Å²) in [5.41, 5.74) is -0.124. The minimum atomic E-state index is -0.642. The Morgan fingerprint density at radius 3 is 2.83 bits per heavy atom. The predicted octanol–water partition coefficient (Wildman–Crippen LogP) is 2.62. The van der Waals surface area contributed by atoms with E-state index < -0.39 is 11.7 Å². The van der Waals surface area contributed by atoms with Crippen molar-refractivity contribution in [3.8, 4) is 0 Å². The summed E-state index contributed by atoms with van der Waals surface area (Å²) in [6, 6.07) is 3.89. The van der Waals surface area contributed by atoms with E-state index in [0.29, 0.717) is 13.0 Å². The van der Waals surface area contributed by atoms with Crippen LogP contribution in [0.1, 0.15) is 36.0 Å². The Bertz CT molecular complexity index is 591. The van der Waals surface area contributed by atoms with Crippen LogP contribution in [0.2, 0.25) is 5.02 Å². The van der Waals surface area contributed by atoms with Crippen LogP contribution in [0.5, 0.6) is 0 Å². The van der Waals surface area contributed by atoms with Gasteiger partial charge in [0.05, 0.1) is 22.7 Å². The third kappa shape index (κ3) is 4.05. The molecule has 1 aromatic rings. The van der Waals surface area contributed by atoms with Gasteiger partial charge < -0.3 is 15.0 Å². The number of benzene rings is 1. The lowest BCUT2D eigenvalue weighted by Gasteiger charge is -2.41. The van der Waals surface area contributed by atoms with Gasteiger partial charge in [-0.25, -0.2) is 4.39 Å². The first-order valence-corrected chi connectivity index (χ1v) is 8.35. The highest BCUT2D eigenvalue weighted by atomic mass is 35.5. The van der Waals surface area contributed by atoms with Crippen LogP contribution in [-0.4, -0.2) is 49.6 Å². The van der Waals surface area contributed by atoms with E-state index in [1.165, 1.54) is 18.2 Å². The number of hydrogen-bond donors (Lipinski definition) is 1. The van der Waals surface area contributed by atoms with Gasteiger partial charge in [0.15, 0.2) is 0 Å². The SMILES string of the molecule is CNC(=O)CC[C@H]1[C@@H](OC)CCCN1C(=O)c1c(F)cccc1Cl. The molecule has 1 N–H and O–H groups in total. The van der Waals surface area contributed by atoms with Crippen LogP contribution in [-0.2, 0) is 9.53 Å². The molecule has 1 heterocycles. The summed E-state index contributed by atoms with van der Waals surface area (Å²) < 4.78 is 19.6. The second kappa shape index (κ2) is 8.44. The highest BCUT2D eigenvalue weighted by Gasteiger charge is 2.36. The van der Waals surface area contributed by atoms with Crippen molar-refractivity contribution >= 4 is 23.4 Å². The molecule has 2 rings (SSSR count). The summed E-state index contributed by atoms with van der Waals surface area (Å²) in [7, 11) is 3.15. The number of likely N-dealkylation sites (tertiary alicyclic amines) is 1. The first-order valence-electron chi connectivity index (χ1n) is 7.98. The molecule has 0 radical (unpaired) electrons. The van der Waals surface area contributed by atoms with Crippen molar-refractivity contribution in [2.75, 3.05) is 20.7 Å². The Hall–Kier alpha value is -1.66. The van der Waals surface area contributed by atoms with Crippen molar-refractivity contribution in [3.05, 3.63) is 34.6 Å². The normalized spacial score (nSPS) is 20.8. The van der Waals surface area contributed by atoms with Gasteiger partial charge in [0.1, 0.15) is 5.82 Å². The summed E-state index contributed by atoms with van der Waals surface area (Å²) in [6.07, 6.45) is 2.10. The van der Waals surface area contributed by atoms with E-state index in [-0.39, 0.29) is 35.1 Å². The number of methoxy groups -OCH3 is 1. The highest BCUT2D eigenvalue weighted by molar-refractivity contribution is 6.33. The van der Waals surface area contributed by atoms with E-state index in [1.807, 2.05) is 0 Å². The first-order chi connectivity index (χ1) is 11.5. The minimum Gasteiger partial charge on any atom is -0.379 e. The van der Waals surface area contributed by atoms with Gasteiger partial charge in [0.2, 0.25) is 5.91 Å². The molecule has 2 atom stereocenters. The number of hydrogen-bond acceptors (Lipinski definition) is 3. The first kappa shape index (κ1) is 18.7. The van der Waals surface area contributed by atoms with Gasteiger partial charge in [-0.05, 0) is 31.4 Å². The van der Waals surface area contributed by atoms with Crippen LogP contribution in [0.15, 0.2) is 18.2 Å². The molecular weight excluding hydrogens is 335 g/mol. The molecule has 0 aromatic heterocycles. The molecule has 0 aliphatic carbocycles. The summed E-state index contributed by atoms with van der Waals surface area (Å²) in [5.74, 6) is -1.20. The maximum absolute atomic E-state index is 14.1. The molecule has 7 heteroatoms. The smallest absolute Gasteiger partial charge is 0.258 e. The zero-order valence-corrected chi connectivity index (χ0v) is 14.6. The summed E-state index contributed by atoms with van der Waals surface area (Å²) in [6.45, 7) is 0.488. The number of ether oxygens (including phenoxy) is 1. The molecule has 1 fully saturated rings. The van der Waals surface area contributed by atoms with Crippen molar-refractivity contribution < 1.29 is 18.7 Å². The van der Waals surface area contributed by atoms with Crippen LogP contribution in [0.25, 0.3) is 0 Å². The summed E-state index contributed by atoms with van der Waals surface area (Å²) >= 11 is 6.03. The van der Waals surface area contributed by atoms with Crippen molar-refractivity contribution in [1.29, 1.82) is 0 Å². The van der Waals surface area contributed by atoms with Gasteiger partial charge in [-0.3, -0.25) is 9.59 Å². The molecule has 24 heavy (non-hydrogen) atoms. The van der Waals surface area contributed by atoms with Crippen LogP contribution >= 0.6 is 11.6 Å². The number of carbonyl (C=O) groups is 2. The monoisotopic (exact) mass is 356 g/mol. The van der Waals surface area contributed by atoms with Gasteiger partial charge in [-0.2, -0.15) is 0 Å².